The quantitative estimate of drug-likeness (QED) is 0.564. The number of benzene rings is 1. The maximum absolute atomic E-state index is 13.6. The molecule has 0 aliphatic carbocycles. The summed E-state index contributed by atoms with van der Waals surface area (Å²) in [7, 11) is 0. The van der Waals surface area contributed by atoms with Crippen LogP contribution in [-0.2, 0) is 6.42 Å². The molecule has 32 heavy (non-hydrogen) atoms. The van der Waals surface area contributed by atoms with Crippen LogP contribution in [0.2, 0.25) is 0 Å². The number of piperazine rings is 1. The van der Waals surface area contributed by atoms with Crippen LogP contribution in [-0.4, -0.2) is 41.4 Å². The van der Waals surface area contributed by atoms with Crippen LogP contribution in [0.1, 0.15) is 53.1 Å². The van der Waals surface area contributed by atoms with Gasteiger partial charge in [-0.25, -0.2) is 4.98 Å². The van der Waals surface area contributed by atoms with Gasteiger partial charge >= 0.3 is 0 Å². The SMILES string of the molecule is Cc1ncccc1C(=O)c1nc(N2CCN[C@@H](CC(C)C)C2)ccc1Cc1ccccc1. The molecule has 1 atom stereocenters. The minimum atomic E-state index is -0.0581. The molecule has 5 heteroatoms. The second-order valence-corrected chi connectivity index (χ2v) is 9.03. The lowest BCUT2D eigenvalue weighted by Gasteiger charge is -2.35. The third kappa shape index (κ3) is 5.22. The molecule has 3 aromatic rings. The van der Waals surface area contributed by atoms with Crippen molar-refractivity contribution < 1.29 is 4.79 Å². The molecule has 0 amide bonds. The van der Waals surface area contributed by atoms with Crippen LogP contribution >= 0.6 is 0 Å². The Morgan fingerprint density at radius 1 is 1.12 bits per heavy atom. The van der Waals surface area contributed by atoms with E-state index in [1.807, 2.05) is 37.3 Å². The number of aromatic nitrogens is 2. The smallest absolute Gasteiger partial charge is 0.213 e. The molecule has 1 aromatic carbocycles. The molecule has 1 aliphatic rings. The highest BCUT2D eigenvalue weighted by Crippen LogP contribution is 2.23. The average molecular weight is 429 g/mol. The summed E-state index contributed by atoms with van der Waals surface area (Å²) in [6.45, 7) is 9.10. The third-order valence-electron chi connectivity index (χ3n) is 6.00. The molecule has 0 bridgehead atoms. The van der Waals surface area contributed by atoms with Gasteiger partial charge < -0.3 is 10.2 Å². The Bertz CT molecular complexity index is 1060. The van der Waals surface area contributed by atoms with Gasteiger partial charge in [-0.2, -0.15) is 0 Å². The lowest BCUT2D eigenvalue weighted by atomic mass is 9.97. The predicted octanol–water partition coefficient (Wildman–Crippen LogP) is 4.43. The fraction of sp³-hybridized carbons (Fsp3) is 0.370. The Hall–Kier alpha value is -3.05. The molecule has 1 saturated heterocycles. The molecule has 0 radical (unpaired) electrons. The van der Waals surface area contributed by atoms with E-state index in [9.17, 15) is 4.79 Å². The highest BCUT2D eigenvalue weighted by molar-refractivity contribution is 6.09. The largest absolute Gasteiger partial charge is 0.354 e. The Labute approximate surface area is 190 Å². The first-order valence-corrected chi connectivity index (χ1v) is 11.5. The van der Waals surface area contributed by atoms with E-state index in [0.717, 1.165) is 48.7 Å². The van der Waals surface area contributed by atoms with Gasteiger partial charge in [0.15, 0.2) is 0 Å². The van der Waals surface area contributed by atoms with Crippen molar-refractivity contribution in [2.75, 3.05) is 24.5 Å². The second-order valence-electron chi connectivity index (χ2n) is 9.03. The molecular weight excluding hydrogens is 396 g/mol. The van der Waals surface area contributed by atoms with E-state index in [2.05, 4.69) is 53.3 Å². The van der Waals surface area contributed by atoms with Crippen LogP contribution in [0.5, 0.6) is 0 Å². The van der Waals surface area contributed by atoms with Crippen molar-refractivity contribution in [2.24, 2.45) is 5.92 Å². The summed E-state index contributed by atoms with van der Waals surface area (Å²) < 4.78 is 0. The molecule has 166 valence electrons. The molecular formula is C27H32N4O. The summed E-state index contributed by atoms with van der Waals surface area (Å²) in [6, 6.07) is 18.5. The van der Waals surface area contributed by atoms with Gasteiger partial charge in [0.05, 0.1) is 0 Å². The molecule has 1 fully saturated rings. The van der Waals surface area contributed by atoms with E-state index in [1.165, 1.54) is 0 Å². The van der Waals surface area contributed by atoms with Crippen LogP contribution < -0.4 is 10.2 Å². The van der Waals surface area contributed by atoms with Crippen LogP contribution in [0.15, 0.2) is 60.8 Å². The van der Waals surface area contributed by atoms with Crippen LogP contribution in [0.4, 0.5) is 5.82 Å². The van der Waals surface area contributed by atoms with E-state index in [4.69, 9.17) is 4.98 Å². The zero-order valence-electron chi connectivity index (χ0n) is 19.2. The van der Waals surface area contributed by atoms with Crippen molar-refractivity contribution >= 4 is 11.6 Å². The molecule has 1 aliphatic heterocycles. The van der Waals surface area contributed by atoms with Gasteiger partial charge in [-0.3, -0.25) is 9.78 Å². The van der Waals surface area contributed by atoms with Gasteiger partial charge in [0.1, 0.15) is 11.5 Å². The first-order valence-electron chi connectivity index (χ1n) is 11.5. The zero-order valence-corrected chi connectivity index (χ0v) is 19.2. The number of nitrogens with one attached hydrogen (secondary N) is 1. The summed E-state index contributed by atoms with van der Waals surface area (Å²) >= 11 is 0. The third-order valence-corrected chi connectivity index (χ3v) is 6.00. The van der Waals surface area contributed by atoms with Crippen LogP contribution in [0, 0.1) is 12.8 Å². The topological polar surface area (TPSA) is 58.1 Å². The summed E-state index contributed by atoms with van der Waals surface area (Å²) in [6.07, 6.45) is 3.52. The minimum absolute atomic E-state index is 0.0581. The molecule has 0 unspecified atom stereocenters. The maximum atomic E-state index is 13.6. The number of carbonyl (C=O) groups excluding carboxylic acids is 1. The molecule has 3 heterocycles. The second kappa shape index (κ2) is 10.0. The van der Waals surface area contributed by atoms with E-state index < -0.39 is 0 Å². The van der Waals surface area contributed by atoms with E-state index >= 15 is 0 Å². The predicted molar refractivity (Wildman–Crippen MR) is 129 cm³/mol. The summed E-state index contributed by atoms with van der Waals surface area (Å²) in [5.41, 5.74) is 3.99. The summed E-state index contributed by atoms with van der Waals surface area (Å²) in [4.78, 5) is 25.2. The number of hydrogen-bond acceptors (Lipinski definition) is 5. The molecule has 1 N–H and O–H groups in total. The van der Waals surface area contributed by atoms with Gasteiger partial charge in [0, 0.05) is 43.1 Å². The fourth-order valence-electron chi connectivity index (χ4n) is 4.42. The van der Waals surface area contributed by atoms with Crippen LogP contribution in [0.25, 0.3) is 0 Å². The number of carbonyl (C=O) groups is 1. The fourth-order valence-corrected chi connectivity index (χ4v) is 4.42. The van der Waals surface area contributed by atoms with Gasteiger partial charge in [0.2, 0.25) is 5.78 Å². The Morgan fingerprint density at radius 3 is 2.69 bits per heavy atom. The Balaban J connectivity index is 1.69. The number of nitrogens with zero attached hydrogens (tertiary/aromatic N) is 3. The molecule has 4 rings (SSSR count). The lowest BCUT2D eigenvalue weighted by Crippen LogP contribution is -2.51. The summed E-state index contributed by atoms with van der Waals surface area (Å²) in [5, 5.41) is 3.62. The highest BCUT2D eigenvalue weighted by atomic mass is 16.1. The number of pyridine rings is 2. The van der Waals surface area contributed by atoms with Crippen molar-refractivity contribution in [1.29, 1.82) is 0 Å². The Kier molecular flexibility index (Phi) is 6.96. The van der Waals surface area contributed by atoms with Gasteiger partial charge in [0.25, 0.3) is 0 Å². The van der Waals surface area contributed by atoms with Crippen molar-refractivity contribution in [3.8, 4) is 0 Å². The number of ketones is 1. The Morgan fingerprint density at radius 2 is 1.94 bits per heavy atom. The number of hydrogen-bond donors (Lipinski definition) is 1. The first-order chi connectivity index (χ1) is 15.5. The van der Waals surface area contributed by atoms with Gasteiger partial charge in [-0.15, -0.1) is 0 Å². The van der Waals surface area contributed by atoms with E-state index in [-0.39, 0.29) is 5.78 Å². The van der Waals surface area contributed by atoms with Gasteiger partial charge in [-0.1, -0.05) is 50.2 Å². The number of rotatable bonds is 7. The molecule has 2 aromatic heterocycles. The van der Waals surface area contributed by atoms with Crippen LogP contribution in [0.3, 0.4) is 0 Å². The maximum Gasteiger partial charge on any atom is 0.213 e. The van der Waals surface area contributed by atoms with Crippen molar-refractivity contribution in [3.63, 3.8) is 0 Å². The normalized spacial score (nSPS) is 16.4. The first kappa shape index (κ1) is 22.2. The number of anilines is 1. The minimum Gasteiger partial charge on any atom is -0.354 e. The standard InChI is InChI=1S/C27H32N4O/c1-19(2)16-23-18-31(15-14-29-23)25-12-11-22(17-21-8-5-4-6-9-21)26(30-25)27(32)24-10-7-13-28-20(24)3/h4-13,19,23,29H,14-18H2,1-3H3/t23-/m0/s1. The number of aryl methyl sites for hydroxylation is 1. The highest BCUT2D eigenvalue weighted by Gasteiger charge is 2.24. The lowest BCUT2D eigenvalue weighted by molar-refractivity contribution is 0.103. The van der Waals surface area contributed by atoms with Crippen molar-refractivity contribution in [1.82, 2.24) is 15.3 Å². The molecule has 0 saturated carbocycles. The van der Waals surface area contributed by atoms with Gasteiger partial charge in [-0.05, 0) is 55.0 Å². The van der Waals surface area contributed by atoms with Crippen molar-refractivity contribution in [2.45, 2.75) is 39.7 Å². The average Bonchev–Trinajstić information content (AvgIpc) is 2.80. The van der Waals surface area contributed by atoms with E-state index in [0.29, 0.717) is 29.6 Å². The van der Waals surface area contributed by atoms with Crippen molar-refractivity contribution in [3.05, 3.63) is 88.9 Å². The molecule has 5 nitrogen and oxygen atoms in total. The molecule has 0 spiro atoms. The van der Waals surface area contributed by atoms with E-state index in [1.54, 1.807) is 6.20 Å². The monoisotopic (exact) mass is 428 g/mol. The zero-order chi connectivity index (χ0) is 22.5. The summed E-state index contributed by atoms with van der Waals surface area (Å²) in [5.74, 6) is 1.46.